The molecule has 28 valence electrons. The van der Waals surface area contributed by atoms with Crippen molar-refractivity contribution in [3.05, 3.63) is 0 Å². The van der Waals surface area contributed by atoms with Gasteiger partial charge in [0.1, 0.15) is 0 Å². The average Bonchev–Trinajstić information content (AvgIpc) is 1.50. The van der Waals surface area contributed by atoms with E-state index in [0.717, 1.165) is 0 Å². The van der Waals surface area contributed by atoms with Gasteiger partial charge in [0.15, 0.2) is 0 Å². The summed E-state index contributed by atoms with van der Waals surface area (Å²) in [6.07, 6.45) is 0. The summed E-state index contributed by atoms with van der Waals surface area (Å²) < 4.78 is 16.2. The third kappa shape index (κ3) is 14.4. The predicted octanol–water partition coefficient (Wildman–Crippen LogP) is -0.243. The zero-order valence-electron chi connectivity index (χ0n) is 1.54. The molecule has 0 fully saturated rings. The van der Waals surface area contributed by atoms with Gasteiger partial charge in [-0.15, -0.1) is 0 Å². The number of rotatable bonds is 0. The van der Waals surface area contributed by atoms with Crippen molar-refractivity contribution < 1.29 is 42.5 Å². The molecule has 0 atom stereocenters. The van der Waals surface area contributed by atoms with Gasteiger partial charge in [-0.2, -0.15) is 0 Å². The molecule has 0 saturated heterocycles. The van der Waals surface area contributed by atoms with Crippen LogP contribution in [0.1, 0.15) is 0 Å². The van der Waals surface area contributed by atoms with E-state index in [0.29, 0.717) is 19.8 Å². The van der Waals surface area contributed by atoms with Crippen molar-refractivity contribution in [1.82, 2.24) is 0 Å². The first-order valence-electron chi connectivity index (χ1n) is 0.296. The fourth-order valence-electron chi connectivity index (χ4n) is 0. The Bertz CT molecular complexity index is 8.00. The first-order valence-corrected chi connectivity index (χ1v) is 1.90. The van der Waals surface area contributed by atoms with Gasteiger partial charge in [-0.3, -0.25) is 0 Å². The molecule has 0 saturated carbocycles. The number of hydrogen-bond donors (Lipinski definition) is 0. The van der Waals surface area contributed by atoms with E-state index in [1.807, 2.05) is 0 Å². The van der Waals surface area contributed by atoms with Crippen LogP contribution in [0.5, 0.6) is 0 Å². The molecule has 0 rings (SSSR count). The minimum atomic E-state index is 0.333. The molecule has 0 aromatic heterocycles. The molecule has 0 N–H and O–H groups in total. The quantitative estimate of drug-likeness (QED) is 0.571. The first kappa shape index (κ1) is 8.84. The van der Waals surface area contributed by atoms with Crippen LogP contribution in [-0.4, -0.2) is 0 Å². The van der Waals surface area contributed by atoms with Gasteiger partial charge in [0.2, 0.25) is 0 Å². The summed E-state index contributed by atoms with van der Waals surface area (Å²) in [7, 11) is 0. The van der Waals surface area contributed by atoms with Crippen LogP contribution >= 0.6 is 0 Å². The van der Waals surface area contributed by atoms with Crippen LogP contribution in [0, 0.1) is 0 Å². The van der Waals surface area contributed by atoms with Gasteiger partial charge in [0.05, 0.1) is 0 Å². The Balaban J connectivity index is 0. The van der Waals surface area contributed by atoms with E-state index in [4.69, 9.17) is 7.29 Å². The molecule has 0 aliphatic carbocycles. The molecular weight excluding hydrogens is 275 g/mol. The zero-order chi connectivity index (χ0) is 4.00. The van der Waals surface area contributed by atoms with Crippen LogP contribution in [0.4, 0.5) is 0 Å². The topological polar surface area (TPSA) is 34.1 Å². The normalized spacial score (nSPS) is 2.50. The molecule has 4 heavy (non-hydrogen) atoms. The molecule has 4 heteroatoms. The predicted molar refractivity (Wildman–Crippen MR) is 1.37 cm³/mol. The fraction of sp³-hybridized carbons (Fsp3) is 0. The van der Waals surface area contributed by atoms with Crippen LogP contribution in [0.2, 0.25) is 0 Å². The summed E-state index contributed by atoms with van der Waals surface area (Å²) in [6.45, 7) is 0. The van der Waals surface area contributed by atoms with E-state index in [2.05, 4.69) is 15.4 Å². The Morgan fingerprint density at radius 2 is 1.25 bits per heavy atom. The maximum atomic E-state index is 8.33. The maximum absolute atomic E-state index is 8.33. The summed E-state index contributed by atoms with van der Waals surface area (Å²) in [6, 6.07) is 0. The molecule has 0 radical (unpaired) electrons. The molecule has 0 bridgehead atoms. The van der Waals surface area contributed by atoms with E-state index in [1.54, 1.807) is 0 Å². The summed E-state index contributed by atoms with van der Waals surface area (Å²) in [5.74, 6) is 0. The van der Waals surface area contributed by atoms with Gasteiger partial charge in [0.25, 0.3) is 0 Å². The molecule has 0 aromatic rings. The Morgan fingerprint density at radius 1 is 1.25 bits per heavy atom. The minimum absolute atomic E-state index is 0.333. The van der Waals surface area contributed by atoms with Gasteiger partial charge in [-0.05, 0) is 0 Å². The van der Waals surface area contributed by atoms with Crippen molar-refractivity contribution in [3.63, 3.8) is 0 Å². The molecule has 0 heterocycles. The number of hydrogen-bond acceptors (Lipinski definition) is 2. The third-order valence-corrected chi connectivity index (χ3v) is 0. The molecule has 0 spiro atoms. The second-order valence-electron chi connectivity index (χ2n) is 0. The van der Waals surface area contributed by atoms with Crippen LogP contribution in [0.3, 0.4) is 0 Å². The molecule has 0 amide bonds. The third-order valence-electron chi connectivity index (χ3n) is 0. The van der Waals surface area contributed by atoms with E-state index in [-0.39, 0.29) is 0 Å². The van der Waals surface area contributed by atoms with Crippen molar-refractivity contribution in [2.24, 2.45) is 0 Å². The molecule has 0 aliphatic heterocycles. The summed E-state index contributed by atoms with van der Waals surface area (Å²) in [4.78, 5) is 0. The summed E-state index contributed by atoms with van der Waals surface area (Å²) in [5, 5.41) is 0. The molecule has 0 aliphatic rings. The van der Waals surface area contributed by atoms with Gasteiger partial charge in [-0.25, -0.2) is 0 Å². The van der Waals surface area contributed by atoms with E-state index < -0.39 is 0 Å². The van der Waals surface area contributed by atoms with Crippen LogP contribution in [-0.2, 0) is 42.5 Å². The van der Waals surface area contributed by atoms with Crippen LogP contribution < -0.4 is 0 Å². The Labute approximate surface area is 42.7 Å². The van der Waals surface area contributed by atoms with Crippen molar-refractivity contribution in [3.8, 4) is 0 Å². The zero-order valence-corrected chi connectivity index (χ0v) is 5.46. The molecular formula is NiO2W. The van der Waals surface area contributed by atoms with Crippen molar-refractivity contribution in [2.75, 3.05) is 0 Å². The molecule has 2 nitrogen and oxygen atoms in total. The Morgan fingerprint density at radius 3 is 1.25 bits per heavy atom. The van der Waals surface area contributed by atoms with E-state index in [9.17, 15) is 0 Å². The average molecular weight is 275 g/mol. The van der Waals surface area contributed by atoms with Gasteiger partial charge < -0.3 is 0 Å². The molecule has 0 unspecified atom stereocenters. The van der Waals surface area contributed by atoms with Gasteiger partial charge >= 0.3 is 42.5 Å². The molecule has 0 aromatic carbocycles. The van der Waals surface area contributed by atoms with Crippen molar-refractivity contribution in [2.45, 2.75) is 0 Å². The van der Waals surface area contributed by atoms with Crippen LogP contribution in [0.15, 0.2) is 0 Å². The van der Waals surface area contributed by atoms with E-state index in [1.165, 1.54) is 0 Å². The Hall–Kier alpha value is 0.782. The van der Waals surface area contributed by atoms with E-state index >= 15 is 0 Å². The second kappa shape index (κ2) is 47.9. The summed E-state index contributed by atoms with van der Waals surface area (Å²) >= 11 is 2.96. The standard InChI is InChI=1S/Ni.2O.W. The van der Waals surface area contributed by atoms with Gasteiger partial charge in [0, 0.05) is 0 Å². The second-order valence-corrected chi connectivity index (χ2v) is 0. The fourth-order valence-corrected chi connectivity index (χ4v) is 0. The first-order chi connectivity index (χ1) is 2.00. The van der Waals surface area contributed by atoms with Crippen molar-refractivity contribution >= 4 is 0 Å². The van der Waals surface area contributed by atoms with Crippen LogP contribution in [0.25, 0.3) is 0 Å². The SMILES string of the molecule is [O]=[Ni].[O]=[W]. The van der Waals surface area contributed by atoms with Gasteiger partial charge in [-0.1, -0.05) is 0 Å². The summed E-state index contributed by atoms with van der Waals surface area (Å²) in [5.41, 5.74) is 0. The van der Waals surface area contributed by atoms with Crippen molar-refractivity contribution in [1.29, 1.82) is 0 Å². The monoisotopic (exact) mass is 274 g/mol. The Kier molecular flexibility index (Phi) is 106.